The highest BCUT2D eigenvalue weighted by Gasteiger charge is 2.12. The standard InChI is InChI=1S/C17H19ClN2O/c1-12(11-20-17(21)10-19)15-4-2-3-5-16(15)13-6-8-14(18)9-7-13/h2-9,12H,10-11,19H2,1H3,(H,20,21). The monoisotopic (exact) mass is 302 g/mol. The Morgan fingerprint density at radius 1 is 1.19 bits per heavy atom. The summed E-state index contributed by atoms with van der Waals surface area (Å²) in [7, 11) is 0. The van der Waals surface area contributed by atoms with Gasteiger partial charge in [-0.25, -0.2) is 0 Å². The molecule has 3 nitrogen and oxygen atoms in total. The molecule has 2 rings (SSSR count). The maximum atomic E-state index is 11.3. The predicted molar refractivity (Wildman–Crippen MR) is 87.4 cm³/mol. The second kappa shape index (κ2) is 7.25. The van der Waals surface area contributed by atoms with Crippen LogP contribution in [0.2, 0.25) is 5.02 Å². The maximum absolute atomic E-state index is 11.3. The Labute approximate surface area is 130 Å². The minimum absolute atomic E-state index is 0.0194. The van der Waals surface area contributed by atoms with E-state index in [9.17, 15) is 4.79 Å². The zero-order valence-corrected chi connectivity index (χ0v) is 12.7. The van der Waals surface area contributed by atoms with Gasteiger partial charge in [0, 0.05) is 11.6 Å². The van der Waals surface area contributed by atoms with Gasteiger partial charge in [0.05, 0.1) is 6.54 Å². The van der Waals surface area contributed by atoms with E-state index >= 15 is 0 Å². The lowest BCUT2D eigenvalue weighted by Gasteiger charge is -2.17. The number of hydrogen-bond donors (Lipinski definition) is 2. The van der Waals surface area contributed by atoms with Crippen LogP contribution in [0.15, 0.2) is 48.5 Å². The van der Waals surface area contributed by atoms with Crippen LogP contribution < -0.4 is 11.1 Å². The van der Waals surface area contributed by atoms with Gasteiger partial charge in [-0.15, -0.1) is 0 Å². The highest BCUT2D eigenvalue weighted by atomic mass is 35.5. The number of rotatable bonds is 5. The van der Waals surface area contributed by atoms with Crippen LogP contribution in [0.25, 0.3) is 11.1 Å². The second-order valence-corrected chi connectivity index (χ2v) is 5.44. The molecule has 0 spiro atoms. The maximum Gasteiger partial charge on any atom is 0.233 e. The third kappa shape index (κ3) is 4.06. The third-order valence-corrected chi connectivity index (χ3v) is 3.69. The molecule has 0 aromatic heterocycles. The molecule has 0 aliphatic rings. The summed E-state index contributed by atoms with van der Waals surface area (Å²) in [5.41, 5.74) is 8.77. The molecule has 0 radical (unpaired) electrons. The van der Waals surface area contributed by atoms with Crippen LogP contribution in [0, 0.1) is 0 Å². The Hall–Kier alpha value is -1.84. The summed E-state index contributed by atoms with van der Waals surface area (Å²) in [6, 6.07) is 16.0. The van der Waals surface area contributed by atoms with Crippen LogP contribution in [-0.2, 0) is 4.79 Å². The van der Waals surface area contributed by atoms with Gasteiger partial charge in [0.15, 0.2) is 0 Å². The van der Waals surface area contributed by atoms with Gasteiger partial charge in [0.25, 0.3) is 0 Å². The molecule has 0 saturated heterocycles. The van der Waals surface area contributed by atoms with E-state index in [1.165, 1.54) is 5.56 Å². The zero-order chi connectivity index (χ0) is 15.2. The minimum atomic E-state index is -0.133. The Kier molecular flexibility index (Phi) is 5.37. The molecule has 1 unspecified atom stereocenters. The number of amides is 1. The van der Waals surface area contributed by atoms with Crippen molar-refractivity contribution in [2.75, 3.05) is 13.1 Å². The van der Waals surface area contributed by atoms with Crippen molar-refractivity contribution in [3.63, 3.8) is 0 Å². The first kappa shape index (κ1) is 15.5. The number of hydrogen-bond acceptors (Lipinski definition) is 2. The van der Waals surface area contributed by atoms with Crippen LogP contribution in [-0.4, -0.2) is 19.0 Å². The summed E-state index contributed by atoms with van der Waals surface area (Å²) in [5, 5.41) is 3.56. The number of nitrogens with two attached hydrogens (primary N) is 1. The SMILES string of the molecule is CC(CNC(=O)CN)c1ccccc1-c1ccc(Cl)cc1. The first-order valence-electron chi connectivity index (χ1n) is 6.93. The molecule has 1 amide bonds. The fraction of sp³-hybridized carbons (Fsp3) is 0.235. The molecular formula is C17H19ClN2O. The number of carbonyl (C=O) groups excluding carboxylic acids is 1. The topological polar surface area (TPSA) is 55.1 Å². The van der Waals surface area contributed by atoms with Gasteiger partial charge in [-0.3, -0.25) is 4.79 Å². The smallest absolute Gasteiger partial charge is 0.233 e. The van der Waals surface area contributed by atoms with Gasteiger partial charge >= 0.3 is 0 Å². The van der Waals surface area contributed by atoms with Crippen molar-refractivity contribution in [2.24, 2.45) is 5.73 Å². The van der Waals surface area contributed by atoms with Crippen molar-refractivity contribution in [1.29, 1.82) is 0 Å². The molecule has 0 aliphatic carbocycles. The Balaban J connectivity index is 2.24. The zero-order valence-electron chi connectivity index (χ0n) is 12.0. The average molecular weight is 303 g/mol. The van der Waals surface area contributed by atoms with E-state index in [4.69, 9.17) is 17.3 Å². The van der Waals surface area contributed by atoms with Crippen LogP contribution in [0.1, 0.15) is 18.4 Å². The van der Waals surface area contributed by atoms with Gasteiger partial charge in [0.2, 0.25) is 5.91 Å². The fourth-order valence-electron chi connectivity index (χ4n) is 2.27. The fourth-order valence-corrected chi connectivity index (χ4v) is 2.39. The summed E-state index contributed by atoms with van der Waals surface area (Å²) in [4.78, 5) is 11.3. The van der Waals surface area contributed by atoms with E-state index in [0.29, 0.717) is 6.54 Å². The first-order valence-corrected chi connectivity index (χ1v) is 7.31. The molecule has 0 bridgehead atoms. The molecule has 4 heteroatoms. The van der Waals surface area contributed by atoms with Crippen LogP contribution in [0.3, 0.4) is 0 Å². The predicted octanol–water partition coefficient (Wildman–Crippen LogP) is 3.19. The molecule has 2 aromatic carbocycles. The number of halogens is 1. The Bertz CT molecular complexity index is 610. The second-order valence-electron chi connectivity index (χ2n) is 5.00. The average Bonchev–Trinajstić information content (AvgIpc) is 2.53. The lowest BCUT2D eigenvalue weighted by Crippen LogP contribution is -2.33. The lowest BCUT2D eigenvalue weighted by atomic mass is 9.91. The van der Waals surface area contributed by atoms with Crippen molar-refractivity contribution < 1.29 is 4.79 Å². The van der Waals surface area contributed by atoms with Crippen molar-refractivity contribution in [3.8, 4) is 11.1 Å². The minimum Gasteiger partial charge on any atom is -0.354 e. The van der Waals surface area contributed by atoms with Gasteiger partial charge in [-0.2, -0.15) is 0 Å². The molecule has 110 valence electrons. The summed E-state index contributed by atoms with van der Waals surface area (Å²) in [6.45, 7) is 2.68. The normalized spacial score (nSPS) is 12.0. The van der Waals surface area contributed by atoms with Crippen LogP contribution >= 0.6 is 11.6 Å². The van der Waals surface area contributed by atoms with E-state index < -0.39 is 0 Å². The van der Waals surface area contributed by atoms with Gasteiger partial charge in [-0.05, 0) is 34.7 Å². The first-order chi connectivity index (χ1) is 10.1. The van der Waals surface area contributed by atoms with Gasteiger partial charge in [-0.1, -0.05) is 54.9 Å². The van der Waals surface area contributed by atoms with Crippen molar-refractivity contribution in [2.45, 2.75) is 12.8 Å². The van der Waals surface area contributed by atoms with Crippen molar-refractivity contribution >= 4 is 17.5 Å². The van der Waals surface area contributed by atoms with E-state index in [-0.39, 0.29) is 18.4 Å². The Morgan fingerprint density at radius 2 is 1.86 bits per heavy atom. The van der Waals surface area contributed by atoms with Crippen LogP contribution in [0.5, 0.6) is 0 Å². The Morgan fingerprint density at radius 3 is 2.52 bits per heavy atom. The van der Waals surface area contributed by atoms with E-state index in [2.05, 4.69) is 24.4 Å². The molecule has 3 N–H and O–H groups in total. The number of nitrogens with one attached hydrogen (secondary N) is 1. The van der Waals surface area contributed by atoms with Crippen molar-refractivity contribution in [3.05, 3.63) is 59.1 Å². The summed E-state index contributed by atoms with van der Waals surface area (Å²) in [6.07, 6.45) is 0. The highest BCUT2D eigenvalue weighted by Crippen LogP contribution is 2.29. The molecule has 0 saturated carbocycles. The molecule has 0 heterocycles. The molecule has 1 atom stereocenters. The van der Waals surface area contributed by atoms with Crippen molar-refractivity contribution in [1.82, 2.24) is 5.32 Å². The van der Waals surface area contributed by atoms with Gasteiger partial charge < -0.3 is 11.1 Å². The molecule has 0 fully saturated rings. The number of carbonyl (C=O) groups is 1. The quantitative estimate of drug-likeness (QED) is 0.891. The van der Waals surface area contributed by atoms with E-state index in [1.54, 1.807) is 0 Å². The summed E-state index contributed by atoms with van der Waals surface area (Å²) >= 11 is 5.94. The summed E-state index contributed by atoms with van der Waals surface area (Å²) in [5.74, 6) is 0.0678. The molecule has 2 aromatic rings. The summed E-state index contributed by atoms with van der Waals surface area (Å²) < 4.78 is 0. The number of benzene rings is 2. The highest BCUT2D eigenvalue weighted by molar-refractivity contribution is 6.30. The molecule has 0 aliphatic heterocycles. The van der Waals surface area contributed by atoms with E-state index in [1.807, 2.05) is 36.4 Å². The van der Waals surface area contributed by atoms with E-state index in [0.717, 1.165) is 16.1 Å². The lowest BCUT2D eigenvalue weighted by molar-refractivity contribution is -0.119. The molecular weight excluding hydrogens is 284 g/mol. The van der Waals surface area contributed by atoms with Crippen LogP contribution in [0.4, 0.5) is 0 Å². The largest absolute Gasteiger partial charge is 0.354 e. The molecule has 21 heavy (non-hydrogen) atoms. The third-order valence-electron chi connectivity index (χ3n) is 3.44. The van der Waals surface area contributed by atoms with Gasteiger partial charge in [0.1, 0.15) is 0 Å².